The van der Waals surface area contributed by atoms with Crippen LogP contribution in [0.1, 0.15) is 58.7 Å². The first-order valence-electron chi connectivity index (χ1n) is 7.56. The summed E-state index contributed by atoms with van der Waals surface area (Å²) in [5.41, 5.74) is -0.674. The molecule has 0 bridgehead atoms. The molecule has 1 saturated heterocycles. The number of carboxylic acids is 1. The molecule has 118 valence electrons. The molecule has 0 amide bonds. The number of hydrogen-bond donors (Lipinski definition) is 1. The van der Waals surface area contributed by atoms with Crippen LogP contribution in [0.2, 0.25) is 0 Å². The highest BCUT2D eigenvalue weighted by Gasteiger charge is 2.40. The number of aromatic nitrogens is 2. The third-order valence-corrected chi connectivity index (χ3v) is 4.44. The molecule has 1 aromatic rings. The van der Waals surface area contributed by atoms with Crippen molar-refractivity contribution in [1.29, 1.82) is 0 Å². The lowest BCUT2D eigenvalue weighted by Crippen LogP contribution is -2.43. The first kappa shape index (κ1) is 15.9. The lowest BCUT2D eigenvalue weighted by atomic mass is 9.76. The summed E-state index contributed by atoms with van der Waals surface area (Å²) in [4.78, 5) is 18.0. The van der Waals surface area contributed by atoms with Crippen molar-refractivity contribution in [1.82, 2.24) is 15.0 Å². The van der Waals surface area contributed by atoms with Gasteiger partial charge >= 0.3 is 5.97 Å². The molecule has 1 aromatic heterocycles. The van der Waals surface area contributed by atoms with Crippen molar-refractivity contribution in [3.8, 4) is 0 Å². The van der Waals surface area contributed by atoms with E-state index in [9.17, 15) is 9.90 Å². The Bertz CT molecular complexity index is 497. The second kappa shape index (κ2) is 5.75. The van der Waals surface area contributed by atoms with Gasteiger partial charge in [0.05, 0.1) is 12.0 Å². The maximum Gasteiger partial charge on any atom is 0.309 e. The minimum Gasteiger partial charge on any atom is -0.481 e. The second-order valence-electron chi connectivity index (χ2n) is 6.98. The van der Waals surface area contributed by atoms with Gasteiger partial charge in [0.15, 0.2) is 5.82 Å². The van der Waals surface area contributed by atoms with Crippen LogP contribution in [0.15, 0.2) is 4.52 Å². The van der Waals surface area contributed by atoms with Crippen LogP contribution in [0.5, 0.6) is 0 Å². The van der Waals surface area contributed by atoms with Gasteiger partial charge in [-0.3, -0.25) is 9.69 Å². The van der Waals surface area contributed by atoms with Gasteiger partial charge in [0, 0.05) is 5.41 Å². The van der Waals surface area contributed by atoms with Gasteiger partial charge < -0.3 is 9.63 Å². The Morgan fingerprint density at radius 3 is 2.43 bits per heavy atom. The fourth-order valence-corrected chi connectivity index (χ4v) is 2.67. The average molecular weight is 295 g/mol. The van der Waals surface area contributed by atoms with E-state index < -0.39 is 11.4 Å². The van der Waals surface area contributed by atoms with E-state index >= 15 is 0 Å². The summed E-state index contributed by atoms with van der Waals surface area (Å²) in [7, 11) is 0. The highest BCUT2D eigenvalue weighted by molar-refractivity contribution is 5.74. The van der Waals surface area contributed by atoms with Crippen LogP contribution in [-0.4, -0.2) is 39.2 Å². The van der Waals surface area contributed by atoms with E-state index in [0.717, 1.165) is 13.1 Å². The van der Waals surface area contributed by atoms with E-state index in [1.54, 1.807) is 0 Å². The summed E-state index contributed by atoms with van der Waals surface area (Å²) in [5, 5.41) is 13.4. The van der Waals surface area contributed by atoms with Gasteiger partial charge in [0.25, 0.3) is 0 Å². The summed E-state index contributed by atoms with van der Waals surface area (Å²) in [5.74, 6) is 0.652. The minimum absolute atomic E-state index is 0.121. The molecule has 6 heteroatoms. The zero-order chi connectivity index (χ0) is 15.7. The Morgan fingerprint density at radius 1 is 1.38 bits per heavy atom. The number of hydrogen-bond acceptors (Lipinski definition) is 5. The molecule has 1 fully saturated rings. The number of carbonyl (C=O) groups is 1. The molecule has 0 aliphatic carbocycles. The third-order valence-electron chi connectivity index (χ3n) is 4.44. The Hall–Kier alpha value is -1.43. The van der Waals surface area contributed by atoms with Gasteiger partial charge in [-0.2, -0.15) is 4.98 Å². The van der Waals surface area contributed by atoms with Crippen molar-refractivity contribution in [3.05, 3.63) is 11.7 Å². The molecule has 0 saturated carbocycles. The molecule has 6 nitrogen and oxygen atoms in total. The summed E-state index contributed by atoms with van der Waals surface area (Å²) in [6.45, 7) is 10.2. The van der Waals surface area contributed by atoms with Crippen LogP contribution in [0, 0.1) is 5.41 Å². The number of carboxylic acid groups (broad SMARTS) is 1. The summed E-state index contributed by atoms with van der Waals surface area (Å²) in [6.07, 6.45) is 2.04. The normalized spacial score (nSPS) is 19.6. The van der Waals surface area contributed by atoms with Gasteiger partial charge in [-0.15, -0.1) is 0 Å². The number of rotatable bonds is 4. The van der Waals surface area contributed by atoms with Crippen LogP contribution in [0.4, 0.5) is 0 Å². The SMILES string of the molecule is CCC1(C(=O)O)CCN(Cc2nc(C(C)(C)C)no2)CC1. The predicted octanol–water partition coefficient (Wildman–Crippen LogP) is 2.44. The highest BCUT2D eigenvalue weighted by atomic mass is 16.5. The van der Waals surface area contributed by atoms with Crippen LogP contribution in [0.3, 0.4) is 0 Å². The van der Waals surface area contributed by atoms with E-state index in [1.165, 1.54) is 0 Å². The predicted molar refractivity (Wildman–Crippen MR) is 77.9 cm³/mol. The molecule has 2 rings (SSSR count). The van der Waals surface area contributed by atoms with Gasteiger partial charge in [-0.25, -0.2) is 0 Å². The Labute approximate surface area is 125 Å². The summed E-state index contributed by atoms with van der Waals surface area (Å²) >= 11 is 0. The molecule has 0 aromatic carbocycles. The fourth-order valence-electron chi connectivity index (χ4n) is 2.67. The van der Waals surface area contributed by atoms with Crippen molar-refractivity contribution in [2.24, 2.45) is 5.41 Å². The Morgan fingerprint density at radius 2 is 2.00 bits per heavy atom. The molecule has 1 aliphatic heterocycles. The molecule has 21 heavy (non-hydrogen) atoms. The standard InChI is InChI=1S/C15H25N3O3/c1-5-15(13(19)20)6-8-18(9-7-15)10-11-16-12(17-21-11)14(2,3)4/h5-10H2,1-4H3,(H,19,20). The van der Waals surface area contributed by atoms with Crippen LogP contribution in [0.25, 0.3) is 0 Å². The lowest BCUT2D eigenvalue weighted by Gasteiger charge is -2.37. The minimum atomic E-state index is -0.669. The zero-order valence-electron chi connectivity index (χ0n) is 13.3. The summed E-state index contributed by atoms with van der Waals surface area (Å²) in [6, 6.07) is 0. The molecule has 1 aliphatic rings. The maximum absolute atomic E-state index is 11.4. The first-order valence-corrected chi connectivity index (χ1v) is 7.56. The largest absolute Gasteiger partial charge is 0.481 e. The molecule has 0 atom stereocenters. The summed E-state index contributed by atoms with van der Waals surface area (Å²) < 4.78 is 5.30. The molecule has 0 spiro atoms. The van der Waals surface area contributed by atoms with Crippen molar-refractivity contribution in [2.45, 2.75) is 58.9 Å². The van der Waals surface area contributed by atoms with Gasteiger partial charge in [0.1, 0.15) is 0 Å². The van der Waals surface area contributed by atoms with E-state index in [4.69, 9.17) is 4.52 Å². The molecule has 0 unspecified atom stereocenters. The Kier molecular flexibility index (Phi) is 4.37. The lowest BCUT2D eigenvalue weighted by molar-refractivity contribution is -0.152. The second-order valence-corrected chi connectivity index (χ2v) is 6.98. The maximum atomic E-state index is 11.4. The van der Waals surface area contributed by atoms with Gasteiger partial charge in [0.2, 0.25) is 5.89 Å². The number of nitrogens with zero attached hydrogens (tertiary/aromatic N) is 3. The third kappa shape index (κ3) is 3.43. The molecular weight excluding hydrogens is 270 g/mol. The molecule has 1 N–H and O–H groups in total. The van der Waals surface area contributed by atoms with E-state index in [2.05, 4.69) is 15.0 Å². The van der Waals surface area contributed by atoms with Crippen molar-refractivity contribution in [3.63, 3.8) is 0 Å². The highest BCUT2D eigenvalue weighted by Crippen LogP contribution is 2.35. The molecule has 0 radical (unpaired) electrons. The topological polar surface area (TPSA) is 79.5 Å². The zero-order valence-corrected chi connectivity index (χ0v) is 13.3. The smallest absolute Gasteiger partial charge is 0.309 e. The number of piperidine rings is 1. The van der Waals surface area contributed by atoms with E-state index in [1.807, 2.05) is 27.7 Å². The van der Waals surface area contributed by atoms with Crippen LogP contribution >= 0.6 is 0 Å². The monoisotopic (exact) mass is 295 g/mol. The number of likely N-dealkylation sites (tertiary alicyclic amines) is 1. The molecule has 2 heterocycles. The van der Waals surface area contributed by atoms with Crippen molar-refractivity contribution in [2.75, 3.05) is 13.1 Å². The quantitative estimate of drug-likeness (QED) is 0.919. The van der Waals surface area contributed by atoms with Gasteiger partial charge in [-0.1, -0.05) is 32.9 Å². The van der Waals surface area contributed by atoms with Crippen LogP contribution < -0.4 is 0 Å². The molecular formula is C15H25N3O3. The van der Waals surface area contributed by atoms with Gasteiger partial charge in [-0.05, 0) is 32.4 Å². The average Bonchev–Trinajstić information content (AvgIpc) is 2.88. The van der Waals surface area contributed by atoms with Crippen molar-refractivity contribution < 1.29 is 14.4 Å². The fraction of sp³-hybridized carbons (Fsp3) is 0.800. The first-order chi connectivity index (χ1) is 9.77. The van der Waals surface area contributed by atoms with Crippen LogP contribution in [-0.2, 0) is 16.8 Å². The Balaban J connectivity index is 1.95. The van der Waals surface area contributed by atoms with Crippen molar-refractivity contribution >= 4 is 5.97 Å². The van der Waals surface area contributed by atoms with E-state index in [0.29, 0.717) is 37.5 Å². The number of aliphatic carboxylic acids is 1. The van der Waals surface area contributed by atoms with E-state index in [-0.39, 0.29) is 5.41 Å².